The van der Waals surface area contributed by atoms with Crippen LogP contribution in [0.4, 0.5) is 0 Å². The molecule has 0 fully saturated rings. The number of hydrogen-bond acceptors (Lipinski definition) is 2. The summed E-state index contributed by atoms with van der Waals surface area (Å²) in [6, 6.07) is 28.1. The first-order valence-corrected chi connectivity index (χ1v) is 11.3. The quantitative estimate of drug-likeness (QED) is 0.357. The number of aromatic carboxylic acids is 1. The molecule has 0 amide bonds. The van der Waals surface area contributed by atoms with Crippen molar-refractivity contribution in [2.24, 2.45) is 0 Å². The van der Waals surface area contributed by atoms with Gasteiger partial charge in [-0.2, -0.15) is 5.10 Å². The minimum Gasteiger partial charge on any atom is -0.478 e. The summed E-state index contributed by atoms with van der Waals surface area (Å²) in [4.78, 5) is 12.5. The van der Waals surface area contributed by atoms with Gasteiger partial charge in [0.1, 0.15) is 5.56 Å². The molecule has 1 unspecified atom stereocenters. The first-order chi connectivity index (χ1) is 15.8. The van der Waals surface area contributed by atoms with Crippen LogP contribution in [-0.2, 0) is 11.8 Å². The lowest BCUT2D eigenvalue weighted by molar-refractivity contribution is 0.0696. The summed E-state index contributed by atoms with van der Waals surface area (Å²) in [5.74, 6) is -0.818. The Morgan fingerprint density at radius 2 is 1.48 bits per heavy atom. The number of carboxylic acids is 1. The molecule has 0 saturated carbocycles. The van der Waals surface area contributed by atoms with Gasteiger partial charge >= 0.3 is 5.97 Å². The van der Waals surface area contributed by atoms with Gasteiger partial charge in [-0.25, -0.2) is 9.48 Å². The average molecular weight is 439 g/mol. The molecule has 3 aromatic carbocycles. The lowest BCUT2D eigenvalue weighted by Gasteiger charge is -2.19. The van der Waals surface area contributed by atoms with E-state index in [1.807, 2.05) is 60.7 Å². The zero-order chi connectivity index (χ0) is 23.6. The maximum absolute atomic E-state index is 12.5. The van der Waals surface area contributed by atoms with E-state index in [4.69, 9.17) is 5.10 Å². The lowest BCUT2D eigenvalue weighted by atomic mass is 9.87. The van der Waals surface area contributed by atoms with Crippen LogP contribution in [0.25, 0.3) is 16.9 Å². The van der Waals surface area contributed by atoms with E-state index in [0.717, 1.165) is 11.3 Å². The fourth-order valence-corrected chi connectivity index (χ4v) is 4.17. The zero-order valence-corrected chi connectivity index (χ0v) is 19.6. The van der Waals surface area contributed by atoms with E-state index in [-0.39, 0.29) is 16.9 Å². The van der Waals surface area contributed by atoms with Crippen molar-refractivity contribution in [3.63, 3.8) is 0 Å². The van der Waals surface area contributed by atoms with E-state index in [0.29, 0.717) is 17.8 Å². The van der Waals surface area contributed by atoms with Crippen LogP contribution in [0.2, 0.25) is 0 Å². The van der Waals surface area contributed by atoms with Crippen LogP contribution in [0.5, 0.6) is 0 Å². The van der Waals surface area contributed by atoms with Gasteiger partial charge < -0.3 is 5.11 Å². The van der Waals surface area contributed by atoms with E-state index in [1.54, 1.807) is 4.68 Å². The monoisotopic (exact) mass is 438 g/mol. The van der Waals surface area contributed by atoms with Gasteiger partial charge in [0.25, 0.3) is 0 Å². The minimum atomic E-state index is -0.957. The second-order valence-electron chi connectivity index (χ2n) is 9.57. The van der Waals surface area contributed by atoms with Crippen LogP contribution in [0, 0.1) is 0 Å². The van der Waals surface area contributed by atoms with Gasteiger partial charge in [0.2, 0.25) is 0 Å². The predicted octanol–water partition coefficient (Wildman–Crippen LogP) is 6.88. The second-order valence-corrected chi connectivity index (χ2v) is 9.57. The molecule has 0 aliphatic rings. The molecule has 4 rings (SSSR count). The number of rotatable bonds is 6. The number of aromatic nitrogens is 2. The number of benzene rings is 3. The molecule has 0 radical (unpaired) electrons. The largest absolute Gasteiger partial charge is 0.478 e. The molecule has 0 saturated heterocycles. The van der Waals surface area contributed by atoms with Crippen molar-refractivity contribution in [2.45, 2.75) is 45.4 Å². The van der Waals surface area contributed by atoms with Crippen molar-refractivity contribution in [3.8, 4) is 16.9 Å². The fraction of sp³-hybridized carbons (Fsp3) is 0.241. The third kappa shape index (κ3) is 4.75. The normalized spacial score (nSPS) is 12.5. The smallest absolute Gasteiger partial charge is 0.339 e. The maximum atomic E-state index is 12.5. The van der Waals surface area contributed by atoms with Crippen LogP contribution in [0.1, 0.15) is 60.8 Å². The lowest BCUT2D eigenvalue weighted by Crippen LogP contribution is -2.11. The average Bonchev–Trinajstić information content (AvgIpc) is 3.19. The third-order valence-electron chi connectivity index (χ3n) is 6.07. The van der Waals surface area contributed by atoms with Crippen molar-refractivity contribution >= 4 is 5.97 Å². The molecular formula is C29H30N2O2. The summed E-state index contributed by atoms with van der Waals surface area (Å²) in [7, 11) is 0. The Bertz CT molecular complexity index is 1230. The molecule has 1 aromatic heterocycles. The predicted molar refractivity (Wildman–Crippen MR) is 133 cm³/mol. The van der Waals surface area contributed by atoms with Crippen molar-refractivity contribution in [3.05, 3.63) is 107 Å². The van der Waals surface area contributed by atoms with E-state index in [2.05, 4.69) is 52.0 Å². The summed E-state index contributed by atoms with van der Waals surface area (Å²) in [5.41, 5.74) is 5.58. The molecule has 0 aliphatic carbocycles. The Morgan fingerprint density at radius 1 is 0.909 bits per heavy atom. The summed E-state index contributed by atoms with van der Waals surface area (Å²) in [6.07, 6.45) is 0.540. The van der Waals surface area contributed by atoms with Gasteiger partial charge in [-0.3, -0.25) is 0 Å². The van der Waals surface area contributed by atoms with Crippen LogP contribution in [0.3, 0.4) is 0 Å². The van der Waals surface area contributed by atoms with E-state index >= 15 is 0 Å². The Labute approximate surface area is 195 Å². The molecule has 4 heteroatoms. The van der Waals surface area contributed by atoms with Crippen molar-refractivity contribution in [1.82, 2.24) is 9.78 Å². The van der Waals surface area contributed by atoms with Crippen molar-refractivity contribution in [1.29, 1.82) is 0 Å². The molecule has 4 aromatic rings. The van der Waals surface area contributed by atoms with Gasteiger partial charge in [0.05, 0.1) is 17.1 Å². The molecule has 168 valence electrons. The SMILES string of the molecule is CC(Cc1nn(-c2ccc(C(C)(C)C)cc2)c(-c2ccccc2)c1C(=O)O)c1ccccc1. The van der Waals surface area contributed by atoms with Crippen molar-refractivity contribution in [2.75, 3.05) is 0 Å². The molecule has 0 aliphatic heterocycles. The highest BCUT2D eigenvalue weighted by Crippen LogP contribution is 2.33. The number of hydrogen-bond donors (Lipinski definition) is 1. The third-order valence-corrected chi connectivity index (χ3v) is 6.07. The first-order valence-electron chi connectivity index (χ1n) is 11.3. The van der Waals surface area contributed by atoms with Gasteiger partial charge in [-0.1, -0.05) is 100 Å². The molecule has 1 atom stereocenters. The number of carbonyl (C=O) groups is 1. The minimum absolute atomic E-state index is 0.0351. The van der Waals surface area contributed by atoms with Gasteiger partial charge in [0, 0.05) is 5.56 Å². The summed E-state index contributed by atoms with van der Waals surface area (Å²) in [6.45, 7) is 8.64. The maximum Gasteiger partial charge on any atom is 0.339 e. The van der Waals surface area contributed by atoms with Crippen LogP contribution in [0.15, 0.2) is 84.9 Å². The van der Waals surface area contributed by atoms with Crippen molar-refractivity contribution < 1.29 is 9.90 Å². The topological polar surface area (TPSA) is 55.1 Å². The Balaban J connectivity index is 1.87. The van der Waals surface area contributed by atoms with Gasteiger partial charge in [-0.15, -0.1) is 0 Å². The second kappa shape index (κ2) is 9.07. The highest BCUT2D eigenvalue weighted by atomic mass is 16.4. The molecule has 33 heavy (non-hydrogen) atoms. The number of nitrogens with zero attached hydrogens (tertiary/aromatic N) is 2. The zero-order valence-electron chi connectivity index (χ0n) is 19.6. The Hall–Kier alpha value is -3.66. The van der Waals surface area contributed by atoms with Crippen LogP contribution < -0.4 is 0 Å². The summed E-state index contributed by atoms with van der Waals surface area (Å²) in [5, 5.41) is 15.1. The van der Waals surface area contributed by atoms with Gasteiger partial charge in [-0.05, 0) is 41.0 Å². The molecule has 0 spiro atoms. The summed E-state index contributed by atoms with van der Waals surface area (Å²) < 4.78 is 1.79. The summed E-state index contributed by atoms with van der Waals surface area (Å²) >= 11 is 0. The fourth-order valence-electron chi connectivity index (χ4n) is 4.17. The standard InChI is InChI=1S/C29H30N2O2/c1-20(21-11-7-5-8-12-21)19-25-26(28(32)33)27(22-13-9-6-10-14-22)31(30-25)24-17-15-23(16-18-24)29(2,3)4/h5-18,20H,19H2,1-4H3,(H,32,33). The van der Waals surface area contributed by atoms with Crippen LogP contribution in [-0.4, -0.2) is 20.9 Å². The Morgan fingerprint density at radius 3 is 2.03 bits per heavy atom. The molecule has 0 bridgehead atoms. The Kier molecular flexibility index (Phi) is 6.19. The van der Waals surface area contributed by atoms with E-state index < -0.39 is 5.97 Å². The highest BCUT2D eigenvalue weighted by molar-refractivity contribution is 5.96. The first kappa shape index (κ1) is 22.5. The molecule has 4 nitrogen and oxygen atoms in total. The number of carboxylic acid groups (broad SMARTS) is 1. The van der Waals surface area contributed by atoms with Crippen LogP contribution >= 0.6 is 0 Å². The van der Waals surface area contributed by atoms with E-state index in [1.165, 1.54) is 11.1 Å². The molecular weight excluding hydrogens is 408 g/mol. The van der Waals surface area contributed by atoms with Gasteiger partial charge in [0.15, 0.2) is 0 Å². The highest BCUT2D eigenvalue weighted by Gasteiger charge is 2.27. The molecule has 1 N–H and O–H groups in total. The molecule has 1 heterocycles. The van der Waals surface area contributed by atoms with E-state index in [9.17, 15) is 9.90 Å².